The van der Waals surface area contributed by atoms with E-state index in [0.717, 1.165) is 4.47 Å². The van der Waals surface area contributed by atoms with E-state index in [-0.39, 0.29) is 17.4 Å². The third-order valence-electron chi connectivity index (χ3n) is 2.49. The van der Waals surface area contributed by atoms with E-state index < -0.39 is 16.1 Å². The van der Waals surface area contributed by atoms with Crippen molar-refractivity contribution in [3.63, 3.8) is 0 Å². The summed E-state index contributed by atoms with van der Waals surface area (Å²) in [7, 11) is -3.64. The first-order valence-corrected chi connectivity index (χ1v) is 8.43. The molecule has 0 spiro atoms. The summed E-state index contributed by atoms with van der Waals surface area (Å²) in [5.74, 6) is 0.0130. The average molecular weight is 401 g/mol. The largest absolute Gasteiger partial charge is 0.395 e. The molecule has 0 fully saturated rings. The van der Waals surface area contributed by atoms with Crippen molar-refractivity contribution in [3.05, 3.63) is 27.1 Å². The van der Waals surface area contributed by atoms with Crippen molar-refractivity contribution >= 4 is 41.9 Å². The van der Waals surface area contributed by atoms with Crippen LogP contribution in [0.15, 0.2) is 32.0 Å². The second-order valence-electron chi connectivity index (χ2n) is 4.23. The lowest BCUT2D eigenvalue weighted by Crippen LogP contribution is -2.41. The van der Waals surface area contributed by atoms with Gasteiger partial charge in [0.15, 0.2) is 0 Å². The molecule has 0 saturated heterocycles. The fraction of sp³-hybridized carbons (Fsp3) is 0.455. The van der Waals surface area contributed by atoms with E-state index in [1.165, 1.54) is 6.07 Å². The van der Waals surface area contributed by atoms with E-state index in [2.05, 4.69) is 36.6 Å². The molecule has 0 aliphatic rings. The first kappa shape index (κ1) is 16.1. The van der Waals surface area contributed by atoms with Gasteiger partial charge in [0.1, 0.15) is 0 Å². The van der Waals surface area contributed by atoms with Crippen LogP contribution < -0.4 is 4.72 Å². The third kappa shape index (κ3) is 4.03. The molecule has 1 aromatic carbocycles. The Labute approximate surface area is 124 Å². The molecule has 4 nitrogen and oxygen atoms in total. The molecule has 2 N–H and O–H groups in total. The van der Waals surface area contributed by atoms with Crippen LogP contribution >= 0.6 is 31.9 Å². The highest BCUT2D eigenvalue weighted by atomic mass is 79.9. The Morgan fingerprint density at radius 2 is 1.94 bits per heavy atom. The molecule has 0 amide bonds. The Morgan fingerprint density at radius 3 is 2.39 bits per heavy atom. The van der Waals surface area contributed by atoms with Crippen LogP contribution in [-0.2, 0) is 10.0 Å². The topological polar surface area (TPSA) is 66.4 Å². The number of aliphatic hydroxyl groups excluding tert-OH is 1. The lowest BCUT2D eigenvalue weighted by molar-refractivity contribution is 0.227. The highest BCUT2D eigenvalue weighted by Gasteiger charge is 2.23. The van der Waals surface area contributed by atoms with E-state index in [1.807, 2.05) is 13.8 Å². The quantitative estimate of drug-likeness (QED) is 0.797. The second-order valence-corrected chi connectivity index (χ2v) is 7.68. The molecule has 0 heterocycles. The van der Waals surface area contributed by atoms with Gasteiger partial charge in [-0.25, -0.2) is 13.1 Å². The third-order valence-corrected chi connectivity index (χ3v) is 5.45. The van der Waals surface area contributed by atoms with Crippen LogP contribution in [0, 0.1) is 5.92 Å². The van der Waals surface area contributed by atoms with Crippen molar-refractivity contribution in [1.82, 2.24) is 4.72 Å². The van der Waals surface area contributed by atoms with Crippen molar-refractivity contribution in [2.75, 3.05) is 6.61 Å². The van der Waals surface area contributed by atoms with Gasteiger partial charge in [-0.1, -0.05) is 29.8 Å². The number of sulfonamides is 1. The minimum Gasteiger partial charge on any atom is -0.395 e. The molecule has 0 aliphatic carbocycles. The lowest BCUT2D eigenvalue weighted by atomic mass is 10.1. The van der Waals surface area contributed by atoms with E-state index in [1.54, 1.807) is 12.1 Å². The zero-order valence-corrected chi connectivity index (χ0v) is 14.0. The molecule has 0 aliphatic heterocycles. The molecule has 1 aromatic rings. The zero-order valence-electron chi connectivity index (χ0n) is 10.0. The molecule has 18 heavy (non-hydrogen) atoms. The molecule has 7 heteroatoms. The summed E-state index contributed by atoms with van der Waals surface area (Å²) in [6, 6.07) is 4.33. The molecule has 0 radical (unpaired) electrons. The molecule has 0 aromatic heterocycles. The van der Waals surface area contributed by atoms with Crippen molar-refractivity contribution in [2.24, 2.45) is 5.92 Å². The zero-order chi connectivity index (χ0) is 13.9. The molecule has 1 atom stereocenters. The van der Waals surface area contributed by atoms with Crippen LogP contribution in [0.2, 0.25) is 0 Å². The Hall–Kier alpha value is 0.0500. The van der Waals surface area contributed by atoms with Crippen LogP contribution in [0.25, 0.3) is 0 Å². The van der Waals surface area contributed by atoms with Gasteiger partial charge in [0.05, 0.1) is 11.5 Å². The second kappa shape index (κ2) is 6.47. The monoisotopic (exact) mass is 399 g/mol. The number of nitrogens with one attached hydrogen (secondary N) is 1. The predicted molar refractivity (Wildman–Crippen MR) is 77.9 cm³/mol. The van der Waals surface area contributed by atoms with E-state index in [4.69, 9.17) is 0 Å². The normalized spacial score (nSPS) is 13.9. The molecule has 1 unspecified atom stereocenters. The Balaban J connectivity index is 3.06. The number of benzene rings is 1. The van der Waals surface area contributed by atoms with Gasteiger partial charge in [0.25, 0.3) is 0 Å². The van der Waals surface area contributed by atoms with Crippen LogP contribution in [0.4, 0.5) is 0 Å². The minimum atomic E-state index is -3.64. The van der Waals surface area contributed by atoms with Crippen LogP contribution in [0.1, 0.15) is 13.8 Å². The van der Waals surface area contributed by atoms with Gasteiger partial charge in [-0.2, -0.15) is 0 Å². The van der Waals surface area contributed by atoms with E-state index in [0.29, 0.717) is 4.47 Å². The minimum absolute atomic E-state index is 0.0130. The predicted octanol–water partition coefficient (Wildman–Crippen LogP) is 2.51. The fourth-order valence-corrected chi connectivity index (χ4v) is 4.46. The van der Waals surface area contributed by atoms with Gasteiger partial charge in [0, 0.05) is 15.0 Å². The maximum atomic E-state index is 12.2. The van der Waals surface area contributed by atoms with Crippen molar-refractivity contribution < 1.29 is 13.5 Å². The van der Waals surface area contributed by atoms with Crippen LogP contribution in [0.5, 0.6) is 0 Å². The van der Waals surface area contributed by atoms with Gasteiger partial charge in [-0.05, 0) is 40.0 Å². The maximum absolute atomic E-state index is 12.2. The molecular weight excluding hydrogens is 386 g/mol. The smallest absolute Gasteiger partial charge is 0.242 e. The Kier molecular flexibility index (Phi) is 5.79. The summed E-state index contributed by atoms with van der Waals surface area (Å²) >= 11 is 6.49. The number of hydrogen-bond acceptors (Lipinski definition) is 3. The maximum Gasteiger partial charge on any atom is 0.242 e. The highest BCUT2D eigenvalue weighted by molar-refractivity contribution is 9.11. The van der Waals surface area contributed by atoms with Crippen molar-refractivity contribution in [3.8, 4) is 0 Å². The molecule has 1 rings (SSSR count). The first-order valence-electron chi connectivity index (χ1n) is 5.36. The summed E-state index contributed by atoms with van der Waals surface area (Å²) in [6.45, 7) is 3.46. The van der Waals surface area contributed by atoms with Gasteiger partial charge in [-0.3, -0.25) is 0 Å². The van der Waals surface area contributed by atoms with Crippen molar-refractivity contribution in [1.29, 1.82) is 0 Å². The molecule has 0 bridgehead atoms. The number of hydrogen-bond donors (Lipinski definition) is 2. The van der Waals surface area contributed by atoms with E-state index >= 15 is 0 Å². The summed E-state index contributed by atoms with van der Waals surface area (Å²) in [5, 5.41) is 9.17. The summed E-state index contributed by atoms with van der Waals surface area (Å²) in [4.78, 5) is 0.157. The highest BCUT2D eigenvalue weighted by Crippen LogP contribution is 2.26. The van der Waals surface area contributed by atoms with Gasteiger partial charge >= 0.3 is 0 Å². The summed E-state index contributed by atoms with van der Waals surface area (Å²) in [6.07, 6.45) is 0. The fourth-order valence-electron chi connectivity index (χ4n) is 1.34. The summed E-state index contributed by atoms with van der Waals surface area (Å²) in [5.41, 5.74) is 0. The Morgan fingerprint density at radius 1 is 1.33 bits per heavy atom. The average Bonchev–Trinajstić information content (AvgIpc) is 2.24. The van der Waals surface area contributed by atoms with Gasteiger partial charge in [0.2, 0.25) is 10.0 Å². The number of aliphatic hydroxyl groups is 1. The number of rotatable bonds is 5. The van der Waals surface area contributed by atoms with Gasteiger partial charge < -0.3 is 5.11 Å². The van der Waals surface area contributed by atoms with Crippen LogP contribution in [0.3, 0.4) is 0 Å². The van der Waals surface area contributed by atoms with Gasteiger partial charge in [-0.15, -0.1) is 0 Å². The first-order chi connectivity index (χ1) is 8.27. The number of halogens is 2. The lowest BCUT2D eigenvalue weighted by Gasteiger charge is -2.20. The van der Waals surface area contributed by atoms with Crippen molar-refractivity contribution in [2.45, 2.75) is 24.8 Å². The molecule has 0 saturated carbocycles. The molecular formula is C11H15Br2NO3S. The van der Waals surface area contributed by atoms with Crippen LogP contribution in [-0.4, -0.2) is 26.2 Å². The molecule has 102 valence electrons. The standard InChI is InChI=1S/C11H15Br2NO3S/c1-7(2)10(6-15)14-18(16,17)11-4-3-8(12)5-9(11)13/h3-5,7,10,14-15H,6H2,1-2H3. The Bertz CT molecular complexity index is 517. The van der Waals surface area contributed by atoms with E-state index in [9.17, 15) is 13.5 Å². The summed E-state index contributed by atoms with van der Waals surface area (Å²) < 4.78 is 28.1. The SMILES string of the molecule is CC(C)C(CO)NS(=O)(=O)c1ccc(Br)cc1Br.